The van der Waals surface area contributed by atoms with E-state index in [1.54, 1.807) is 13.0 Å². The van der Waals surface area contributed by atoms with Crippen molar-refractivity contribution in [2.45, 2.75) is 6.92 Å². The summed E-state index contributed by atoms with van der Waals surface area (Å²) < 4.78 is 0. The van der Waals surface area contributed by atoms with Gasteiger partial charge in [-0.15, -0.1) is 0 Å². The fourth-order valence-electron chi connectivity index (χ4n) is 4.84. The van der Waals surface area contributed by atoms with E-state index < -0.39 is 23.6 Å². The van der Waals surface area contributed by atoms with Gasteiger partial charge in [-0.2, -0.15) is 21.0 Å². The quantitative estimate of drug-likeness (QED) is 0.371. The molecular weight excluding hydrogens is 496 g/mol. The van der Waals surface area contributed by atoms with E-state index in [0.717, 1.165) is 34.1 Å². The lowest BCUT2D eigenvalue weighted by atomic mass is 9.91. The molecule has 3 aromatic rings. The minimum Gasteiger partial charge on any atom is -0.269 e. The minimum atomic E-state index is -0.581. The van der Waals surface area contributed by atoms with Gasteiger partial charge in [0.1, 0.15) is 35.4 Å². The van der Waals surface area contributed by atoms with Crippen LogP contribution in [0.25, 0.3) is 32.7 Å². The maximum Gasteiger partial charge on any atom is 0.258 e. The Morgan fingerprint density at radius 3 is 1.54 bits per heavy atom. The van der Waals surface area contributed by atoms with Crippen LogP contribution in [0.1, 0.15) is 5.56 Å². The molecule has 39 heavy (non-hydrogen) atoms. The van der Waals surface area contributed by atoms with Gasteiger partial charge in [-0.1, -0.05) is 6.07 Å². The van der Waals surface area contributed by atoms with Gasteiger partial charge in [0, 0.05) is 34.7 Å². The van der Waals surface area contributed by atoms with Crippen molar-refractivity contribution in [3.8, 4) is 24.3 Å². The van der Waals surface area contributed by atoms with Crippen LogP contribution in [0.4, 0.5) is 11.4 Å². The molecule has 2 aliphatic heterocycles. The lowest BCUT2D eigenvalue weighted by Crippen LogP contribution is -2.31. The molecule has 2 heterocycles. The first-order chi connectivity index (χ1) is 18.7. The van der Waals surface area contributed by atoms with E-state index in [0.29, 0.717) is 10.9 Å². The van der Waals surface area contributed by atoms with E-state index in [1.165, 1.54) is 24.3 Å². The summed E-state index contributed by atoms with van der Waals surface area (Å²) in [6.45, 7) is 1.63. The number of aryl methyl sites for hydroxylation is 1. The van der Waals surface area contributed by atoms with Crippen LogP contribution in [0, 0.1) is 52.2 Å². The van der Waals surface area contributed by atoms with Crippen LogP contribution >= 0.6 is 0 Å². The fourth-order valence-corrected chi connectivity index (χ4v) is 4.84. The summed E-state index contributed by atoms with van der Waals surface area (Å²) in [7, 11) is 0. The van der Waals surface area contributed by atoms with Crippen molar-refractivity contribution in [2.75, 3.05) is 9.80 Å². The molecule has 0 atom stereocenters. The maximum absolute atomic E-state index is 12.5. The van der Waals surface area contributed by atoms with Crippen molar-refractivity contribution in [3.63, 3.8) is 0 Å². The fraction of sp³-hybridized carbons (Fsp3) is 0.0345. The second-order valence-corrected chi connectivity index (χ2v) is 8.55. The molecule has 5 rings (SSSR count). The number of carbonyl (C=O) groups is 4. The molecule has 0 saturated heterocycles. The van der Waals surface area contributed by atoms with Gasteiger partial charge in [0.15, 0.2) is 0 Å². The number of anilines is 2. The first-order valence-corrected chi connectivity index (χ1v) is 11.3. The van der Waals surface area contributed by atoms with E-state index in [9.17, 15) is 40.2 Å². The predicted octanol–water partition coefficient (Wildman–Crippen LogP) is 1.56. The van der Waals surface area contributed by atoms with Gasteiger partial charge in [-0.05, 0) is 58.3 Å². The zero-order valence-electron chi connectivity index (χ0n) is 20.0. The Balaban J connectivity index is 2.06. The number of nitriles is 4. The Morgan fingerprint density at radius 1 is 0.590 bits per heavy atom. The summed E-state index contributed by atoms with van der Waals surface area (Å²) in [6.07, 6.45) is 4.46. The van der Waals surface area contributed by atoms with E-state index in [2.05, 4.69) is 0 Å². The predicted molar refractivity (Wildman–Crippen MR) is 138 cm³/mol. The Kier molecular flexibility index (Phi) is 5.58. The second kappa shape index (κ2) is 8.94. The van der Waals surface area contributed by atoms with Crippen molar-refractivity contribution < 1.29 is 19.2 Å². The van der Waals surface area contributed by atoms with Gasteiger partial charge in [-0.3, -0.25) is 19.2 Å². The van der Waals surface area contributed by atoms with Gasteiger partial charge in [0.05, 0.1) is 11.4 Å². The van der Waals surface area contributed by atoms with Crippen LogP contribution < -0.4 is 20.2 Å². The molecule has 182 valence electrons. The highest BCUT2D eigenvalue weighted by Crippen LogP contribution is 2.30. The zero-order valence-corrected chi connectivity index (χ0v) is 20.0. The molecule has 0 unspecified atom stereocenters. The molecule has 0 spiro atoms. The topological polar surface area (TPSA) is 170 Å². The second-order valence-electron chi connectivity index (χ2n) is 8.55. The normalized spacial score (nSPS) is 14.1. The van der Waals surface area contributed by atoms with Crippen LogP contribution in [0.5, 0.6) is 0 Å². The standard InChI is InChI=1S/C29H12N6O4/c1-15-8-20-22(10-23(15)35-26(38)6-7-27(35)39)28(16(11-30)12-31)19-3-2-18(34-24(36)4-5-25(34)37)9-21(19)29(20)17(13-32)14-33/h2-10H,1H3. The highest BCUT2D eigenvalue weighted by molar-refractivity contribution is 6.29. The van der Waals surface area contributed by atoms with Gasteiger partial charge >= 0.3 is 0 Å². The average Bonchev–Trinajstić information content (AvgIpc) is 3.44. The van der Waals surface area contributed by atoms with E-state index in [-0.39, 0.29) is 49.1 Å². The summed E-state index contributed by atoms with van der Waals surface area (Å²) in [6, 6.07) is 14.9. The molecule has 0 aromatic heterocycles. The minimum absolute atomic E-state index is 0.140. The van der Waals surface area contributed by atoms with Crippen LogP contribution in [0.2, 0.25) is 0 Å². The van der Waals surface area contributed by atoms with Crippen LogP contribution in [-0.2, 0) is 19.2 Å². The third kappa shape index (κ3) is 3.54. The number of nitrogens with zero attached hydrogens (tertiary/aromatic N) is 6. The molecule has 0 bridgehead atoms. The summed E-state index contributed by atoms with van der Waals surface area (Å²) in [4.78, 5) is 51.5. The summed E-state index contributed by atoms with van der Waals surface area (Å²) in [5.41, 5.74) is 0.198. The summed E-state index contributed by atoms with van der Waals surface area (Å²) in [5.74, 6) is -2.31. The number of amides is 4. The van der Waals surface area contributed by atoms with Crippen molar-refractivity contribution in [1.29, 1.82) is 21.0 Å². The van der Waals surface area contributed by atoms with E-state index in [4.69, 9.17) is 0 Å². The number of imide groups is 2. The van der Waals surface area contributed by atoms with Crippen molar-refractivity contribution in [2.24, 2.45) is 0 Å². The van der Waals surface area contributed by atoms with Crippen LogP contribution in [0.15, 0.2) is 54.6 Å². The third-order valence-electron chi connectivity index (χ3n) is 6.48. The van der Waals surface area contributed by atoms with Gasteiger partial charge in [0.25, 0.3) is 23.6 Å². The Labute approximate surface area is 219 Å². The number of fused-ring (bicyclic) bond motifs is 2. The zero-order chi connectivity index (χ0) is 28.0. The van der Waals surface area contributed by atoms with Gasteiger partial charge in [-0.25, -0.2) is 9.80 Å². The number of benzene rings is 3. The lowest BCUT2D eigenvalue weighted by Gasteiger charge is -2.19. The number of carbonyl (C=O) groups excluding carboxylic acids is 4. The first kappa shape index (κ1) is 24.3. The third-order valence-corrected chi connectivity index (χ3v) is 6.48. The molecular formula is C29H12N6O4. The average molecular weight is 508 g/mol. The Morgan fingerprint density at radius 2 is 1.03 bits per heavy atom. The Bertz CT molecular complexity index is 2040. The van der Waals surface area contributed by atoms with Gasteiger partial charge in [0.2, 0.25) is 0 Å². The molecule has 0 radical (unpaired) electrons. The molecule has 0 aliphatic carbocycles. The molecule has 10 heteroatoms. The van der Waals surface area contributed by atoms with Crippen molar-refractivity contribution in [3.05, 3.63) is 70.6 Å². The highest BCUT2D eigenvalue weighted by Gasteiger charge is 2.28. The van der Waals surface area contributed by atoms with Crippen LogP contribution in [0.3, 0.4) is 0 Å². The summed E-state index contributed by atoms with van der Waals surface area (Å²) >= 11 is 0. The Hall–Kier alpha value is -6.36. The number of hydrogen-bond donors (Lipinski definition) is 0. The SMILES string of the molecule is Cc1cc2c(=C(C#N)C#N)c3cc(N4C(=O)C=CC4=O)ccc3c(=C(C#N)C#N)c2cc1N1C(=O)C=CC1=O. The molecule has 0 fully saturated rings. The molecule has 3 aromatic carbocycles. The monoisotopic (exact) mass is 508 g/mol. The highest BCUT2D eigenvalue weighted by atomic mass is 16.2. The van der Waals surface area contributed by atoms with E-state index >= 15 is 0 Å². The van der Waals surface area contributed by atoms with Gasteiger partial charge < -0.3 is 0 Å². The lowest BCUT2D eigenvalue weighted by molar-refractivity contribution is -0.121. The first-order valence-electron chi connectivity index (χ1n) is 11.3. The van der Waals surface area contributed by atoms with Crippen molar-refractivity contribution >= 4 is 67.7 Å². The molecule has 4 amide bonds. The maximum atomic E-state index is 12.5. The van der Waals surface area contributed by atoms with E-state index in [1.807, 2.05) is 24.3 Å². The van der Waals surface area contributed by atoms with Crippen molar-refractivity contribution in [1.82, 2.24) is 0 Å². The smallest absolute Gasteiger partial charge is 0.258 e. The molecule has 10 nitrogen and oxygen atoms in total. The molecule has 0 N–H and O–H groups in total. The number of hydrogen-bond acceptors (Lipinski definition) is 8. The molecule has 0 saturated carbocycles. The molecule has 2 aliphatic rings. The number of rotatable bonds is 2. The largest absolute Gasteiger partial charge is 0.269 e. The summed E-state index contributed by atoms with van der Waals surface area (Å²) in [5, 5.41) is 40.7. The van der Waals surface area contributed by atoms with Crippen LogP contribution in [-0.4, -0.2) is 23.6 Å².